The van der Waals surface area contributed by atoms with Gasteiger partial charge in [-0.15, -0.1) is 0 Å². The number of fused-ring (bicyclic) bond motifs is 1. The predicted octanol–water partition coefficient (Wildman–Crippen LogP) is 3.43. The smallest absolute Gasteiger partial charge is 0.228 e. The van der Waals surface area contributed by atoms with Crippen molar-refractivity contribution in [1.29, 1.82) is 0 Å². The van der Waals surface area contributed by atoms with Crippen molar-refractivity contribution in [3.05, 3.63) is 48.0 Å². The van der Waals surface area contributed by atoms with E-state index in [-0.39, 0.29) is 24.2 Å². The van der Waals surface area contributed by atoms with Crippen LogP contribution in [0.1, 0.15) is 24.4 Å². The average Bonchev–Trinajstić information content (AvgIpc) is 3.14. The zero-order valence-corrected chi connectivity index (χ0v) is 17.0. The number of rotatable bonds is 4. The molecule has 0 bridgehead atoms. The molecule has 4 rings (SSSR count). The van der Waals surface area contributed by atoms with Crippen molar-refractivity contribution < 1.29 is 13.6 Å². The van der Waals surface area contributed by atoms with Gasteiger partial charge in [0.05, 0.1) is 18.3 Å². The quantitative estimate of drug-likeness (QED) is 0.676. The van der Waals surface area contributed by atoms with E-state index in [1.54, 1.807) is 19.2 Å². The van der Waals surface area contributed by atoms with Crippen molar-refractivity contribution in [3.8, 4) is 11.3 Å². The minimum absolute atomic E-state index is 0.0360. The summed E-state index contributed by atoms with van der Waals surface area (Å²) < 4.78 is 20.1. The van der Waals surface area contributed by atoms with Crippen LogP contribution in [-0.4, -0.2) is 58.9 Å². The highest BCUT2D eigenvalue weighted by molar-refractivity contribution is 5.88. The van der Waals surface area contributed by atoms with Crippen LogP contribution in [0.2, 0.25) is 0 Å². The molecule has 6 nitrogen and oxygen atoms in total. The minimum atomic E-state index is -0.375. The van der Waals surface area contributed by atoms with Crippen LogP contribution in [0.15, 0.2) is 35.0 Å². The van der Waals surface area contributed by atoms with Crippen LogP contribution in [0.4, 0.5) is 4.39 Å². The van der Waals surface area contributed by atoms with Crippen LogP contribution >= 0.6 is 0 Å². The Morgan fingerprint density at radius 1 is 1.24 bits per heavy atom. The summed E-state index contributed by atoms with van der Waals surface area (Å²) in [7, 11) is 3.97. The van der Waals surface area contributed by atoms with Crippen molar-refractivity contribution in [2.45, 2.75) is 32.2 Å². The van der Waals surface area contributed by atoms with E-state index in [1.165, 1.54) is 12.3 Å². The molecular formula is C22H25FN4O2. The SMILES string of the molecule is Cc1ncc(-c2cc(F)c3cnc(CC(=O)N(C)C4CCN(C)CC4)cc3c2)o1. The van der Waals surface area contributed by atoms with Crippen molar-refractivity contribution >= 4 is 16.7 Å². The number of benzene rings is 1. The van der Waals surface area contributed by atoms with Gasteiger partial charge in [-0.3, -0.25) is 9.78 Å². The number of oxazole rings is 1. The maximum Gasteiger partial charge on any atom is 0.228 e. The van der Waals surface area contributed by atoms with Crippen LogP contribution in [0.5, 0.6) is 0 Å². The molecule has 0 unspecified atom stereocenters. The first-order chi connectivity index (χ1) is 13.9. The summed E-state index contributed by atoms with van der Waals surface area (Å²) in [5.74, 6) is 0.701. The maximum absolute atomic E-state index is 14.6. The van der Waals surface area contributed by atoms with Gasteiger partial charge in [0, 0.05) is 37.2 Å². The van der Waals surface area contributed by atoms with Gasteiger partial charge in [0.25, 0.3) is 0 Å². The Kier molecular flexibility index (Phi) is 5.32. The molecule has 0 spiro atoms. The fourth-order valence-corrected chi connectivity index (χ4v) is 3.86. The summed E-state index contributed by atoms with van der Waals surface area (Å²) in [6, 6.07) is 5.31. The highest BCUT2D eigenvalue weighted by Gasteiger charge is 2.24. The third kappa shape index (κ3) is 4.15. The van der Waals surface area contributed by atoms with Gasteiger partial charge < -0.3 is 14.2 Å². The Balaban J connectivity index is 1.55. The number of pyridine rings is 1. The lowest BCUT2D eigenvalue weighted by molar-refractivity contribution is -0.132. The lowest BCUT2D eigenvalue weighted by Crippen LogP contribution is -2.45. The van der Waals surface area contributed by atoms with Crippen LogP contribution in [0, 0.1) is 12.7 Å². The lowest BCUT2D eigenvalue weighted by atomic mass is 10.0. The van der Waals surface area contributed by atoms with Gasteiger partial charge in [-0.1, -0.05) is 0 Å². The summed E-state index contributed by atoms with van der Waals surface area (Å²) in [6.07, 6.45) is 5.24. The fraction of sp³-hybridized carbons (Fsp3) is 0.409. The van der Waals surface area contributed by atoms with Crippen LogP contribution in [0.25, 0.3) is 22.1 Å². The van der Waals surface area contributed by atoms with Crippen molar-refractivity contribution in [2.75, 3.05) is 27.2 Å². The Morgan fingerprint density at radius 2 is 2.00 bits per heavy atom. The Bertz CT molecular complexity index is 1040. The third-order valence-corrected chi connectivity index (χ3v) is 5.71. The van der Waals surface area contributed by atoms with Gasteiger partial charge in [0.2, 0.25) is 5.91 Å². The molecular weight excluding hydrogens is 371 g/mol. The molecule has 0 atom stereocenters. The Labute approximate surface area is 169 Å². The second kappa shape index (κ2) is 7.91. The normalized spacial score (nSPS) is 15.7. The number of halogens is 1. The molecule has 0 N–H and O–H groups in total. The number of likely N-dealkylation sites (N-methyl/N-ethyl adjacent to an activating group) is 1. The molecule has 0 radical (unpaired) electrons. The lowest BCUT2D eigenvalue weighted by Gasteiger charge is -2.35. The van der Waals surface area contributed by atoms with E-state index in [2.05, 4.69) is 21.9 Å². The number of nitrogens with zero attached hydrogens (tertiary/aromatic N) is 4. The number of hydrogen-bond donors (Lipinski definition) is 0. The van der Waals surface area contributed by atoms with E-state index >= 15 is 0 Å². The highest BCUT2D eigenvalue weighted by Crippen LogP contribution is 2.28. The zero-order chi connectivity index (χ0) is 20.5. The molecule has 1 fully saturated rings. The predicted molar refractivity (Wildman–Crippen MR) is 109 cm³/mol. The molecule has 1 aromatic carbocycles. The Hall–Kier alpha value is -2.80. The van der Waals surface area contributed by atoms with E-state index in [4.69, 9.17) is 4.42 Å². The fourth-order valence-electron chi connectivity index (χ4n) is 3.86. The number of aryl methyl sites for hydroxylation is 1. The molecule has 29 heavy (non-hydrogen) atoms. The number of carbonyl (C=O) groups excluding carboxylic acids is 1. The van der Waals surface area contributed by atoms with E-state index in [9.17, 15) is 9.18 Å². The van der Waals surface area contributed by atoms with Gasteiger partial charge in [0.1, 0.15) is 5.82 Å². The summed E-state index contributed by atoms with van der Waals surface area (Å²) in [4.78, 5) is 25.3. The topological polar surface area (TPSA) is 62.5 Å². The number of carbonyl (C=O) groups is 1. The standard InChI is InChI=1S/C22H25FN4O2/c1-14-24-13-21(29-14)16-8-15-9-17(25-12-19(15)20(23)10-16)11-22(28)27(3)18-4-6-26(2)7-5-18/h8-10,12-13,18H,4-7,11H2,1-3H3. The molecule has 7 heteroatoms. The molecule has 1 aliphatic rings. The van der Waals surface area contributed by atoms with Crippen LogP contribution < -0.4 is 0 Å². The largest absolute Gasteiger partial charge is 0.441 e. The van der Waals surface area contributed by atoms with Gasteiger partial charge in [-0.25, -0.2) is 9.37 Å². The van der Waals surface area contributed by atoms with Crippen LogP contribution in [-0.2, 0) is 11.2 Å². The molecule has 1 aliphatic heterocycles. The summed E-state index contributed by atoms with van der Waals surface area (Å²) >= 11 is 0. The summed E-state index contributed by atoms with van der Waals surface area (Å²) in [6.45, 7) is 3.74. The molecule has 1 amide bonds. The Morgan fingerprint density at radius 3 is 2.69 bits per heavy atom. The average molecular weight is 396 g/mol. The van der Waals surface area contributed by atoms with Crippen molar-refractivity contribution in [2.24, 2.45) is 0 Å². The highest BCUT2D eigenvalue weighted by atomic mass is 19.1. The van der Waals surface area contributed by atoms with Crippen molar-refractivity contribution in [3.63, 3.8) is 0 Å². The second-order valence-corrected chi connectivity index (χ2v) is 7.81. The number of amides is 1. The number of piperidine rings is 1. The van der Waals surface area contributed by atoms with Gasteiger partial charge in [-0.05, 0) is 56.6 Å². The van der Waals surface area contributed by atoms with Gasteiger partial charge in [0.15, 0.2) is 11.7 Å². The molecule has 1 saturated heterocycles. The van der Waals surface area contributed by atoms with E-state index < -0.39 is 0 Å². The number of aromatic nitrogens is 2. The van der Waals surface area contributed by atoms with Gasteiger partial charge >= 0.3 is 0 Å². The molecule has 0 saturated carbocycles. The summed E-state index contributed by atoms with van der Waals surface area (Å²) in [5.41, 5.74) is 1.25. The zero-order valence-electron chi connectivity index (χ0n) is 17.0. The van der Waals surface area contributed by atoms with E-state index in [0.717, 1.165) is 25.9 Å². The number of likely N-dealkylation sites (tertiary alicyclic amines) is 1. The number of hydrogen-bond acceptors (Lipinski definition) is 5. The molecule has 3 aromatic rings. The molecule has 0 aliphatic carbocycles. The minimum Gasteiger partial charge on any atom is -0.441 e. The van der Waals surface area contributed by atoms with Gasteiger partial charge in [-0.2, -0.15) is 0 Å². The first-order valence-electron chi connectivity index (χ1n) is 9.86. The monoisotopic (exact) mass is 396 g/mol. The maximum atomic E-state index is 14.6. The van der Waals surface area contributed by atoms with E-state index in [1.807, 2.05) is 18.0 Å². The van der Waals surface area contributed by atoms with Crippen LogP contribution in [0.3, 0.4) is 0 Å². The molecule has 3 heterocycles. The first-order valence-corrected chi connectivity index (χ1v) is 9.86. The first kappa shape index (κ1) is 19.5. The molecule has 2 aromatic heterocycles. The molecule has 152 valence electrons. The third-order valence-electron chi connectivity index (χ3n) is 5.71. The van der Waals surface area contributed by atoms with E-state index in [0.29, 0.717) is 33.7 Å². The second-order valence-electron chi connectivity index (χ2n) is 7.81. The summed E-state index contributed by atoms with van der Waals surface area (Å²) in [5, 5.41) is 1.11. The van der Waals surface area contributed by atoms with Crippen molar-refractivity contribution in [1.82, 2.24) is 19.8 Å².